The maximum Gasteiger partial charge on any atom is 0.223 e. The number of nitrogens with one attached hydrogen (secondary N) is 1. The van der Waals surface area contributed by atoms with Crippen molar-refractivity contribution in [3.8, 4) is 0 Å². The Balaban J connectivity index is 1.33. The molecule has 1 aliphatic heterocycles. The van der Waals surface area contributed by atoms with Crippen molar-refractivity contribution in [3.63, 3.8) is 0 Å². The summed E-state index contributed by atoms with van der Waals surface area (Å²) in [6.07, 6.45) is 1.88. The average Bonchev–Trinajstić information content (AvgIpc) is 2.69. The number of amides is 1. The van der Waals surface area contributed by atoms with Crippen molar-refractivity contribution in [1.82, 2.24) is 5.32 Å². The largest absolute Gasteiger partial charge is 0.371 e. The van der Waals surface area contributed by atoms with Gasteiger partial charge in [-0.3, -0.25) is 4.79 Å². The maximum absolute atomic E-state index is 12.4. The molecular formula is C22H28N2OS. The van der Waals surface area contributed by atoms with Crippen LogP contribution >= 0.6 is 11.8 Å². The first-order valence-corrected chi connectivity index (χ1v) is 10.6. The van der Waals surface area contributed by atoms with Gasteiger partial charge in [0.15, 0.2) is 0 Å². The third-order valence-electron chi connectivity index (χ3n) is 4.92. The van der Waals surface area contributed by atoms with Crippen LogP contribution in [0.1, 0.15) is 24.0 Å². The quantitative estimate of drug-likeness (QED) is 0.741. The highest BCUT2D eigenvalue weighted by molar-refractivity contribution is 7.98. The lowest BCUT2D eigenvalue weighted by Crippen LogP contribution is -2.41. The molecule has 1 fully saturated rings. The molecule has 0 spiro atoms. The number of nitrogens with zero attached hydrogens (tertiary/aromatic N) is 1. The Morgan fingerprint density at radius 1 is 1.08 bits per heavy atom. The van der Waals surface area contributed by atoms with E-state index in [2.05, 4.69) is 65.7 Å². The Kier molecular flexibility index (Phi) is 7.01. The number of thioether (sulfide) groups is 1. The highest BCUT2D eigenvalue weighted by atomic mass is 32.2. The molecule has 0 aromatic heterocycles. The van der Waals surface area contributed by atoms with E-state index < -0.39 is 0 Å². The van der Waals surface area contributed by atoms with Crippen LogP contribution in [0.3, 0.4) is 0 Å². The SMILES string of the molecule is Cc1ccc(N2CCC(C(=O)NCCSCc3ccccc3)CC2)cc1. The number of carbonyl (C=O) groups is 1. The zero-order chi connectivity index (χ0) is 18.2. The lowest BCUT2D eigenvalue weighted by atomic mass is 9.95. The monoisotopic (exact) mass is 368 g/mol. The second-order valence-corrected chi connectivity index (χ2v) is 8.03. The number of piperidine rings is 1. The highest BCUT2D eigenvalue weighted by Gasteiger charge is 2.24. The fraction of sp³-hybridized carbons (Fsp3) is 0.409. The van der Waals surface area contributed by atoms with Crippen molar-refractivity contribution < 1.29 is 4.79 Å². The van der Waals surface area contributed by atoms with Gasteiger partial charge < -0.3 is 10.2 Å². The Labute approximate surface area is 161 Å². The van der Waals surface area contributed by atoms with Crippen molar-refractivity contribution in [2.75, 3.05) is 30.3 Å². The van der Waals surface area contributed by atoms with E-state index in [1.54, 1.807) is 0 Å². The third kappa shape index (κ3) is 5.53. The summed E-state index contributed by atoms with van der Waals surface area (Å²) in [4.78, 5) is 14.8. The molecule has 0 bridgehead atoms. The van der Waals surface area contributed by atoms with Crippen molar-refractivity contribution in [2.24, 2.45) is 5.92 Å². The molecule has 1 amide bonds. The molecule has 0 aliphatic carbocycles. The van der Waals surface area contributed by atoms with Gasteiger partial charge in [0, 0.05) is 42.7 Å². The molecule has 1 aliphatic rings. The molecule has 2 aromatic rings. The molecule has 0 unspecified atom stereocenters. The van der Waals surface area contributed by atoms with Crippen LogP contribution in [-0.4, -0.2) is 31.3 Å². The normalized spacial score (nSPS) is 15.0. The van der Waals surface area contributed by atoms with Gasteiger partial charge in [0.05, 0.1) is 0 Å². The van der Waals surface area contributed by atoms with Crippen LogP contribution in [0.4, 0.5) is 5.69 Å². The predicted molar refractivity (Wildman–Crippen MR) is 112 cm³/mol. The molecule has 1 saturated heterocycles. The van der Waals surface area contributed by atoms with Crippen LogP contribution in [0.15, 0.2) is 54.6 Å². The van der Waals surface area contributed by atoms with E-state index in [1.165, 1.54) is 16.8 Å². The summed E-state index contributed by atoms with van der Waals surface area (Å²) in [6, 6.07) is 19.1. The number of hydrogen-bond acceptors (Lipinski definition) is 3. The minimum atomic E-state index is 0.163. The average molecular weight is 369 g/mol. The molecule has 26 heavy (non-hydrogen) atoms. The molecule has 0 radical (unpaired) electrons. The van der Waals surface area contributed by atoms with Crippen LogP contribution in [-0.2, 0) is 10.5 Å². The van der Waals surface area contributed by atoms with Gasteiger partial charge in [0.1, 0.15) is 0 Å². The Morgan fingerprint density at radius 2 is 1.77 bits per heavy atom. The Morgan fingerprint density at radius 3 is 2.46 bits per heavy atom. The van der Waals surface area contributed by atoms with E-state index in [0.717, 1.165) is 44.0 Å². The van der Waals surface area contributed by atoms with Crippen LogP contribution in [0.5, 0.6) is 0 Å². The first-order valence-electron chi connectivity index (χ1n) is 9.43. The van der Waals surface area contributed by atoms with Gasteiger partial charge in [-0.1, -0.05) is 48.0 Å². The lowest BCUT2D eigenvalue weighted by Gasteiger charge is -2.33. The summed E-state index contributed by atoms with van der Waals surface area (Å²) in [6.45, 7) is 4.79. The fourth-order valence-corrected chi connectivity index (χ4v) is 4.13. The van der Waals surface area contributed by atoms with Gasteiger partial charge in [-0.05, 0) is 37.5 Å². The van der Waals surface area contributed by atoms with Crippen LogP contribution in [0, 0.1) is 12.8 Å². The summed E-state index contributed by atoms with van der Waals surface area (Å²) in [5, 5.41) is 3.12. The molecule has 138 valence electrons. The molecular weight excluding hydrogens is 340 g/mol. The minimum absolute atomic E-state index is 0.163. The molecule has 2 aromatic carbocycles. The second kappa shape index (κ2) is 9.67. The zero-order valence-corrected chi connectivity index (χ0v) is 16.3. The zero-order valence-electron chi connectivity index (χ0n) is 15.5. The highest BCUT2D eigenvalue weighted by Crippen LogP contribution is 2.23. The number of aryl methyl sites for hydroxylation is 1. The van der Waals surface area contributed by atoms with Crippen molar-refractivity contribution in [3.05, 3.63) is 65.7 Å². The smallest absolute Gasteiger partial charge is 0.223 e. The standard InChI is InChI=1S/C22H28N2OS/c1-18-7-9-21(10-8-18)24-14-11-20(12-15-24)22(25)23-13-16-26-17-19-5-3-2-4-6-19/h2-10,20H,11-17H2,1H3,(H,23,25). The van der Waals surface area contributed by atoms with Crippen LogP contribution < -0.4 is 10.2 Å². The first-order chi connectivity index (χ1) is 12.7. The summed E-state index contributed by atoms with van der Waals surface area (Å²) < 4.78 is 0. The van der Waals surface area contributed by atoms with Gasteiger partial charge in [0.25, 0.3) is 0 Å². The Hall–Kier alpha value is -1.94. The summed E-state index contributed by atoms with van der Waals surface area (Å²) >= 11 is 1.87. The fourth-order valence-electron chi connectivity index (χ4n) is 3.31. The lowest BCUT2D eigenvalue weighted by molar-refractivity contribution is -0.125. The van der Waals surface area contributed by atoms with Gasteiger partial charge in [-0.15, -0.1) is 0 Å². The van der Waals surface area contributed by atoms with Gasteiger partial charge >= 0.3 is 0 Å². The molecule has 1 N–H and O–H groups in total. The number of rotatable bonds is 7. The number of carbonyl (C=O) groups excluding carboxylic acids is 1. The van der Waals surface area contributed by atoms with Gasteiger partial charge in [0.2, 0.25) is 5.91 Å². The van der Waals surface area contributed by atoms with Crippen LogP contribution in [0.25, 0.3) is 0 Å². The number of benzene rings is 2. The van der Waals surface area contributed by atoms with Crippen molar-refractivity contribution in [1.29, 1.82) is 0 Å². The van der Waals surface area contributed by atoms with Gasteiger partial charge in [-0.2, -0.15) is 11.8 Å². The summed E-state index contributed by atoms with van der Waals surface area (Å²) in [7, 11) is 0. The maximum atomic E-state index is 12.4. The number of hydrogen-bond donors (Lipinski definition) is 1. The molecule has 1 heterocycles. The van der Waals surface area contributed by atoms with Crippen molar-refractivity contribution in [2.45, 2.75) is 25.5 Å². The minimum Gasteiger partial charge on any atom is -0.371 e. The Bertz CT molecular complexity index is 679. The molecule has 4 heteroatoms. The summed E-state index contributed by atoms with van der Waals surface area (Å²) in [5.74, 6) is 2.36. The topological polar surface area (TPSA) is 32.3 Å². The van der Waals surface area contributed by atoms with Crippen molar-refractivity contribution >= 4 is 23.4 Å². The number of anilines is 1. The summed E-state index contributed by atoms with van der Waals surface area (Å²) in [5.41, 5.74) is 3.90. The third-order valence-corrected chi connectivity index (χ3v) is 5.95. The molecule has 0 saturated carbocycles. The van der Waals surface area contributed by atoms with E-state index in [4.69, 9.17) is 0 Å². The van der Waals surface area contributed by atoms with Crippen LogP contribution in [0.2, 0.25) is 0 Å². The molecule has 3 rings (SSSR count). The first kappa shape index (κ1) is 18.8. The van der Waals surface area contributed by atoms with E-state index in [-0.39, 0.29) is 11.8 Å². The van der Waals surface area contributed by atoms with E-state index in [9.17, 15) is 4.79 Å². The van der Waals surface area contributed by atoms with E-state index >= 15 is 0 Å². The van der Waals surface area contributed by atoms with E-state index in [0.29, 0.717) is 0 Å². The second-order valence-electron chi connectivity index (χ2n) is 6.93. The van der Waals surface area contributed by atoms with E-state index in [1.807, 2.05) is 17.8 Å². The molecule has 3 nitrogen and oxygen atoms in total. The van der Waals surface area contributed by atoms with Gasteiger partial charge in [-0.25, -0.2) is 0 Å². The predicted octanol–water partition coefficient (Wildman–Crippen LogP) is 4.26. The molecule has 0 atom stereocenters.